The van der Waals surface area contributed by atoms with Gasteiger partial charge in [-0.2, -0.15) is 13.2 Å². The van der Waals surface area contributed by atoms with Crippen molar-refractivity contribution >= 4 is 22.7 Å². The molecular weight excluding hydrogens is 467 g/mol. The van der Waals surface area contributed by atoms with E-state index in [9.17, 15) is 22.8 Å². The second kappa shape index (κ2) is 9.17. The predicted molar refractivity (Wildman–Crippen MR) is 120 cm³/mol. The van der Waals surface area contributed by atoms with E-state index in [-0.39, 0.29) is 40.6 Å². The van der Waals surface area contributed by atoms with Crippen molar-refractivity contribution in [3.63, 3.8) is 0 Å². The van der Waals surface area contributed by atoms with Gasteiger partial charge in [-0.3, -0.25) is 9.59 Å². The summed E-state index contributed by atoms with van der Waals surface area (Å²) in [6, 6.07) is 4.20. The molecule has 1 fully saturated rings. The molecule has 1 aromatic carbocycles. The first-order chi connectivity index (χ1) is 16.5. The summed E-state index contributed by atoms with van der Waals surface area (Å²) in [6.45, 7) is 4.01. The minimum absolute atomic E-state index is 0.00782. The van der Waals surface area contributed by atoms with Crippen molar-refractivity contribution in [1.29, 1.82) is 0 Å². The smallest absolute Gasteiger partial charge is 0.433 e. The molecule has 0 unspecified atom stereocenters. The summed E-state index contributed by atoms with van der Waals surface area (Å²) in [5.74, 6) is -0.312. The molecule has 0 radical (unpaired) electrons. The van der Waals surface area contributed by atoms with Crippen molar-refractivity contribution in [2.45, 2.75) is 38.5 Å². The summed E-state index contributed by atoms with van der Waals surface area (Å²) in [5.41, 5.74) is 5.22. The summed E-state index contributed by atoms with van der Waals surface area (Å²) in [4.78, 5) is 34.3. The van der Waals surface area contributed by atoms with E-state index in [4.69, 9.17) is 14.9 Å². The number of alkyl halides is 3. The summed E-state index contributed by atoms with van der Waals surface area (Å²) in [5, 5.41) is 3.15. The Morgan fingerprint density at radius 2 is 2.00 bits per heavy atom. The first-order valence-corrected chi connectivity index (χ1v) is 10.9. The highest BCUT2D eigenvalue weighted by Gasteiger charge is 2.34. The zero-order valence-electron chi connectivity index (χ0n) is 19.3. The monoisotopic (exact) mass is 491 g/mol. The van der Waals surface area contributed by atoms with Crippen LogP contribution in [0.25, 0.3) is 22.4 Å². The highest BCUT2D eigenvalue weighted by atomic mass is 19.4. The van der Waals surface area contributed by atoms with Gasteiger partial charge >= 0.3 is 6.18 Å². The lowest BCUT2D eigenvalue weighted by atomic mass is 10.1. The topological polar surface area (TPSA) is 124 Å². The largest absolute Gasteiger partial charge is 0.494 e. The highest BCUT2D eigenvalue weighted by Crippen LogP contribution is 2.37. The molecular formula is C23H24F3N5O4. The fourth-order valence-electron chi connectivity index (χ4n) is 4.04. The zero-order chi connectivity index (χ0) is 25.5. The maximum atomic E-state index is 13.2. The van der Waals surface area contributed by atoms with E-state index in [2.05, 4.69) is 15.3 Å². The van der Waals surface area contributed by atoms with Crippen molar-refractivity contribution < 1.29 is 31.9 Å². The van der Waals surface area contributed by atoms with Crippen LogP contribution in [0.4, 0.5) is 13.2 Å². The number of carbonyl (C=O) groups excluding carboxylic acids is 2. The molecule has 2 aromatic heterocycles. The maximum absolute atomic E-state index is 13.2. The van der Waals surface area contributed by atoms with E-state index in [1.807, 2.05) is 0 Å². The first-order valence-electron chi connectivity index (χ1n) is 10.9. The van der Waals surface area contributed by atoms with E-state index in [1.165, 1.54) is 26.2 Å². The molecule has 1 aliphatic rings. The molecule has 9 nitrogen and oxygen atoms in total. The van der Waals surface area contributed by atoms with Gasteiger partial charge in [0.15, 0.2) is 11.5 Å². The Bertz CT molecular complexity index is 1290. The maximum Gasteiger partial charge on any atom is 0.433 e. The van der Waals surface area contributed by atoms with E-state index in [1.54, 1.807) is 17.9 Å². The number of nitrogens with zero attached hydrogens (tertiary/aromatic N) is 3. The molecule has 2 amide bonds. The lowest BCUT2D eigenvalue weighted by Crippen LogP contribution is -2.38. The van der Waals surface area contributed by atoms with Crippen molar-refractivity contribution in [3.05, 3.63) is 41.4 Å². The van der Waals surface area contributed by atoms with Crippen LogP contribution in [-0.4, -0.2) is 52.9 Å². The van der Waals surface area contributed by atoms with Gasteiger partial charge in [0.1, 0.15) is 17.0 Å². The number of hydrogen-bond donors (Lipinski definition) is 2. The average molecular weight is 491 g/mol. The Labute approximate surface area is 198 Å². The van der Waals surface area contributed by atoms with Gasteiger partial charge in [0, 0.05) is 37.0 Å². The van der Waals surface area contributed by atoms with Crippen LogP contribution in [0.15, 0.2) is 28.7 Å². The molecule has 4 rings (SSSR count). The molecule has 0 aliphatic carbocycles. The van der Waals surface area contributed by atoms with Crippen LogP contribution in [0.3, 0.4) is 0 Å². The van der Waals surface area contributed by atoms with Gasteiger partial charge in [-0.1, -0.05) is 0 Å². The molecule has 3 aromatic rings. The number of halogens is 3. The lowest BCUT2D eigenvalue weighted by Gasteiger charge is -2.14. The molecule has 3 N–H and O–H groups in total. The third-order valence-electron chi connectivity index (χ3n) is 5.81. The zero-order valence-corrected chi connectivity index (χ0v) is 19.3. The standard InChI is InChI=1S/C23H24F3N5O4/c1-11(27)20-19(21(33)28-13-8-9-31(10-13)12(2)32)30-22(35-20)15-4-6-16(34-3)18-14(15)5-7-17(29-18)23(24,25)26/h4-7,11,13H,8-10,27H2,1-3H3,(H,28,33)/t11-,13-/m0/s1. The molecule has 3 heterocycles. The van der Waals surface area contributed by atoms with Gasteiger partial charge in [-0.25, -0.2) is 9.97 Å². The third-order valence-corrected chi connectivity index (χ3v) is 5.81. The van der Waals surface area contributed by atoms with Crippen molar-refractivity contribution in [3.8, 4) is 17.2 Å². The molecule has 0 bridgehead atoms. The minimum Gasteiger partial charge on any atom is -0.494 e. The number of hydrogen-bond acceptors (Lipinski definition) is 7. The number of aromatic nitrogens is 2. The summed E-state index contributed by atoms with van der Waals surface area (Å²) in [6.07, 6.45) is -4.04. The number of fused-ring (bicyclic) bond motifs is 1. The normalized spacial score (nSPS) is 17.0. The fraction of sp³-hybridized carbons (Fsp3) is 0.391. The van der Waals surface area contributed by atoms with Crippen molar-refractivity contribution in [1.82, 2.24) is 20.2 Å². The lowest BCUT2D eigenvalue weighted by molar-refractivity contribution is -0.141. The average Bonchev–Trinajstić information content (AvgIpc) is 3.45. The van der Waals surface area contributed by atoms with E-state index < -0.39 is 23.8 Å². The summed E-state index contributed by atoms with van der Waals surface area (Å²) < 4.78 is 50.7. The SMILES string of the molecule is COc1ccc(-c2nc(C(=O)N[C@H]3CCN(C(C)=O)C3)c([C@H](C)N)o2)c2ccc(C(F)(F)F)nc12. The van der Waals surface area contributed by atoms with Gasteiger partial charge in [-0.15, -0.1) is 0 Å². The van der Waals surface area contributed by atoms with Crippen LogP contribution in [0, 0.1) is 0 Å². The Morgan fingerprint density at radius 1 is 1.26 bits per heavy atom. The van der Waals surface area contributed by atoms with Crippen molar-refractivity contribution in [2.75, 3.05) is 20.2 Å². The quantitative estimate of drug-likeness (QED) is 0.561. The number of carbonyl (C=O) groups is 2. The molecule has 2 atom stereocenters. The number of methoxy groups -OCH3 is 1. The number of nitrogens with two attached hydrogens (primary N) is 1. The summed E-state index contributed by atoms with van der Waals surface area (Å²) in [7, 11) is 1.33. The Balaban J connectivity index is 1.73. The van der Waals surface area contributed by atoms with Crippen LogP contribution >= 0.6 is 0 Å². The fourth-order valence-corrected chi connectivity index (χ4v) is 4.04. The van der Waals surface area contributed by atoms with Crippen LogP contribution < -0.4 is 15.8 Å². The number of benzene rings is 1. The molecule has 35 heavy (non-hydrogen) atoms. The Morgan fingerprint density at radius 3 is 2.60 bits per heavy atom. The predicted octanol–water partition coefficient (Wildman–Crippen LogP) is 3.29. The number of likely N-dealkylation sites (tertiary alicyclic amines) is 1. The first kappa shape index (κ1) is 24.5. The molecule has 12 heteroatoms. The van der Waals surface area contributed by atoms with Crippen LogP contribution in [-0.2, 0) is 11.0 Å². The summed E-state index contributed by atoms with van der Waals surface area (Å²) >= 11 is 0. The molecule has 186 valence electrons. The number of oxazole rings is 1. The molecule has 0 saturated carbocycles. The number of nitrogens with one attached hydrogen (secondary N) is 1. The van der Waals surface area contributed by atoms with Gasteiger partial charge in [-0.05, 0) is 37.6 Å². The van der Waals surface area contributed by atoms with Gasteiger partial charge in [0.2, 0.25) is 11.8 Å². The number of pyridine rings is 1. The highest BCUT2D eigenvalue weighted by molar-refractivity contribution is 5.98. The minimum atomic E-state index is -4.64. The van der Waals surface area contributed by atoms with Crippen LogP contribution in [0.1, 0.15) is 48.3 Å². The second-order valence-corrected chi connectivity index (χ2v) is 8.35. The molecule has 1 saturated heterocycles. The van der Waals surface area contributed by atoms with Gasteiger partial charge in [0.05, 0.1) is 13.2 Å². The molecule has 0 spiro atoms. The van der Waals surface area contributed by atoms with E-state index >= 15 is 0 Å². The van der Waals surface area contributed by atoms with E-state index in [0.717, 1.165) is 6.07 Å². The van der Waals surface area contributed by atoms with Gasteiger partial charge in [0.25, 0.3) is 5.91 Å². The van der Waals surface area contributed by atoms with Crippen LogP contribution in [0.5, 0.6) is 5.75 Å². The number of ether oxygens (including phenoxy) is 1. The van der Waals surface area contributed by atoms with E-state index in [0.29, 0.717) is 30.5 Å². The van der Waals surface area contributed by atoms with Gasteiger partial charge < -0.3 is 25.1 Å². The third kappa shape index (κ3) is 4.78. The van der Waals surface area contributed by atoms with Crippen molar-refractivity contribution in [2.24, 2.45) is 5.73 Å². The second-order valence-electron chi connectivity index (χ2n) is 8.35. The number of amides is 2. The molecule has 1 aliphatic heterocycles. The Kier molecular flexibility index (Phi) is 6.41. The Hall–Kier alpha value is -3.67. The van der Waals surface area contributed by atoms with Crippen LogP contribution in [0.2, 0.25) is 0 Å². The number of rotatable bonds is 5.